The number of benzene rings is 3. The van der Waals surface area contributed by atoms with E-state index in [4.69, 9.17) is 4.74 Å². The highest BCUT2D eigenvalue weighted by atomic mass is 16.5. The van der Waals surface area contributed by atoms with Crippen LogP contribution >= 0.6 is 0 Å². The van der Waals surface area contributed by atoms with Crippen LogP contribution in [0.2, 0.25) is 0 Å². The molecule has 28 heavy (non-hydrogen) atoms. The molecule has 0 heterocycles. The number of hydrogen-bond donors (Lipinski definition) is 1. The summed E-state index contributed by atoms with van der Waals surface area (Å²) in [5, 5.41) is 6.14. The van der Waals surface area contributed by atoms with E-state index >= 15 is 0 Å². The van der Waals surface area contributed by atoms with Gasteiger partial charge in [-0.05, 0) is 60.3 Å². The van der Waals surface area contributed by atoms with Gasteiger partial charge in [0.05, 0.1) is 7.11 Å². The van der Waals surface area contributed by atoms with Crippen LogP contribution < -0.4 is 10.1 Å². The van der Waals surface area contributed by atoms with Crippen molar-refractivity contribution in [2.24, 2.45) is 0 Å². The topological polar surface area (TPSA) is 21.3 Å². The van der Waals surface area contributed by atoms with E-state index < -0.39 is 0 Å². The Hall–Kier alpha value is -2.84. The molecule has 0 saturated carbocycles. The lowest BCUT2D eigenvalue weighted by Gasteiger charge is -2.21. The summed E-state index contributed by atoms with van der Waals surface area (Å²) in [4.78, 5) is 0. The molecule has 3 aromatic rings. The number of fused-ring (bicyclic) bond motifs is 1. The van der Waals surface area contributed by atoms with Gasteiger partial charge in [0.15, 0.2) is 0 Å². The standard InChI is InChI=1S/C26H29NO/c1-4-8-23(26(27-2)19-20-13-17-24(28-3)18-14-20)16-15-22-11-7-10-21-9-5-6-12-25(21)22/h4-14,17-18,26-27H,1,15-16,19H2,2-3H3/b23-8-/t26-/m0/s1. The molecule has 144 valence electrons. The SMILES string of the molecule is C=C/C=C(/CCc1cccc2ccccc12)[C@H](Cc1ccc(OC)cc1)NC. The van der Waals surface area contributed by atoms with Crippen molar-refractivity contribution in [1.82, 2.24) is 5.32 Å². The van der Waals surface area contributed by atoms with Gasteiger partial charge in [-0.1, -0.05) is 78.9 Å². The first-order valence-electron chi connectivity index (χ1n) is 9.83. The maximum absolute atomic E-state index is 5.27. The van der Waals surface area contributed by atoms with Crippen molar-refractivity contribution in [2.75, 3.05) is 14.2 Å². The summed E-state index contributed by atoms with van der Waals surface area (Å²) in [7, 11) is 3.73. The fourth-order valence-electron chi connectivity index (χ4n) is 3.73. The molecule has 0 aliphatic heterocycles. The van der Waals surface area contributed by atoms with Gasteiger partial charge in [0.25, 0.3) is 0 Å². The van der Waals surface area contributed by atoms with E-state index in [1.165, 1.54) is 27.5 Å². The number of nitrogens with one attached hydrogen (secondary N) is 1. The van der Waals surface area contributed by atoms with Crippen LogP contribution in [0.25, 0.3) is 10.8 Å². The van der Waals surface area contributed by atoms with Gasteiger partial charge in [0.1, 0.15) is 5.75 Å². The highest BCUT2D eigenvalue weighted by molar-refractivity contribution is 5.85. The van der Waals surface area contributed by atoms with E-state index in [9.17, 15) is 0 Å². The van der Waals surface area contributed by atoms with E-state index in [1.807, 2.05) is 25.3 Å². The predicted molar refractivity (Wildman–Crippen MR) is 120 cm³/mol. The molecule has 1 atom stereocenters. The van der Waals surface area contributed by atoms with Crippen molar-refractivity contribution in [2.45, 2.75) is 25.3 Å². The molecule has 0 aliphatic carbocycles. The average Bonchev–Trinajstić information content (AvgIpc) is 2.75. The van der Waals surface area contributed by atoms with Crippen molar-refractivity contribution in [1.29, 1.82) is 0 Å². The van der Waals surface area contributed by atoms with E-state index in [1.54, 1.807) is 7.11 Å². The number of aryl methyl sites for hydroxylation is 1. The highest BCUT2D eigenvalue weighted by Gasteiger charge is 2.13. The Morgan fingerprint density at radius 2 is 1.79 bits per heavy atom. The summed E-state index contributed by atoms with van der Waals surface area (Å²) in [6.45, 7) is 3.93. The molecule has 0 radical (unpaired) electrons. The minimum atomic E-state index is 0.279. The van der Waals surface area contributed by atoms with Gasteiger partial charge >= 0.3 is 0 Å². The van der Waals surface area contributed by atoms with Crippen LogP contribution in [-0.4, -0.2) is 20.2 Å². The summed E-state index contributed by atoms with van der Waals surface area (Å²) >= 11 is 0. The predicted octanol–water partition coefficient (Wildman–Crippen LogP) is 5.72. The molecule has 0 aliphatic rings. The Kier molecular flexibility index (Phi) is 7.05. The molecule has 2 heteroatoms. The van der Waals surface area contributed by atoms with Gasteiger partial charge in [-0.25, -0.2) is 0 Å². The van der Waals surface area contributed by atoms with Crippen molar-refractivity contribution >= 4 is 10.8 Å². The van der Waals surface area contributed by atoms with Crippen LogP contribution in [0, 0.1) is 0 Å². The average molecular weight is 372 g/mol. The molecule has 0 aromatic heterocycles. The lowest BCUT2D eigenvalue weighted by molar-refractivity contribution is 0.414. The Bertz CT molecular complexity index is 935. The Labute approximate surface area is 168 Å². The van der Waals surface area contributed by atoms with Crippen LogP contribution in [0.4, 0.5) is 0 Å². The smallest absolute Gasteiger partial charge is 0.118 e. The van der Waals surface area contributed by atoms with Gasteiger partial charge in [-0.3, -0.25) is 0 Å². The zero-order valence-electron chi connectivity index (χ0n) is 16.8. The first-order valence-corrected chi connectivity index (χ1v) is 9.83. The van der Waals surface area contributed by atoms with Gasteiger partial charge in [-0.2, -0.15) is 0 Å². The molecular weight excluding hydrogens is 342 g/mol. The van der Waals surface area contributed by atoms with Crippen molar-refractivity contribution < 1.29 is 4.74 Å². The van der Waals surface area contributed by atoms with Crippen molar-refractivity contribution in [3.8, 4) is 5.75 Å². The van der Waals surface area contributed by atoms with E-state index in [2.05, 4.69) is 72.6 Å². The monoisotopic (exact) mass is 371 g/mol. The lowest BCUT2D eigenvalue weighted by Crippen LogP contribution is -2.30. The van der Waals surface area contributed by atoms with Crippen molar-refractivity contribution in [3.63, 3.8) is 0 Å². The Morgan fingerprint density at radius 1 is 1.04 bits per heavy atom. The number of rotatable bonds is 9. The van der Waals surface area contributed by atoms with E-state index in [-0.39, 0.29) is 6.04 Å². The molecule has 0 unspecified atom stereocenters. The lowest BCUT2D eigenvalue weighted by atomic mass is 9.92. The molecule has 0 bridgehead atoms. The molecule has 3 rings (SSSR count). The minimum Gasteiger partial charge on any atom is -0.497 e. The summed E-state index contributed by atoms with van der Waals surface area (Å²) < 4.78 is 5.27. The molecule has 0 fully saturated rings. The van der Waals surface area contributed by atoms with Crippen LogP contribution in [0.5, 0.6) is 5.75 Å². The van der Waals surface area contributed by atoms with Crippen molar-refractivity contribution in [3.05, 3.63) is 102 Å². The molecule has 2 nitrogen and oxygen atoms in total. The molecule has 3 aromatic carbocycles. The van der Waals surface area contributed by atoms with Gasteiger partial charge in [-0.15, -0.1) is 0 Å². The second-order valence-corrected chi connectivity index (χ2v) is 7.01. The number of ether oxygens (including phenoxy) is 1. The maximum Gasteiger partial charge on any atom is 0.118 e. The third-order valence-electron chi connectivity index (χ3n) is 5.29. The van der Waals surface area contributed by atoms with Crippen LogP contribution in [-0.2, 0) is 12.8 Å². The van der Waals surface area contributed by atoms with Gasteiger partial charge in [0, 0.05) is 6.04 Å². The zero-order valence-corrected chi connectivity index (χ0v) is 16.8. The third-order valence-corrected chi connectivity index (χ3v) is 5.29. The molecular formula is C26H29NO. The fourth-order valence-corrected chi connectivity index (χ4v) is 3.73. The number of allylic oxidation sites excluding steroid dienone is 2. The quantitative estimate of drug-likeness (QED) is 0.485. The summed E-state index contributed by atoms with van der Waals surface area (Å²) in [5.41, 5.74) is 4.06. The second kappa shape index (κ2) is 9.91. The second-order valence-electron chi connectivity index (χ2n) is 7.01. The Morgan fingerprint density at radius 3 is 2.50 bits per heavy atom. The largest absolute Gasteiger partial charge is 0.497 e. The van der Waals surface area contributed by atoms with Crippen LogP contribution in [0.15, 0.2) is 91.0 Å². The zero-order chi connectivity index (χ0) is 19.8. The van der Waals surface area contributed by atoms with Gasteiger partial charge < -0.3 is 10.1 Å². The normalized spacial score (nSPS) is 12.7. The minimum absolute atomic E-state index is 0.279. The number of methoxy groups -OCH3 is 1. The van der Waals surface area contributed by atoms with Crippen LogP contribution in [0.1, 0.15) is 17.5 Å². The van der Waals surface area contributed by atoms with Gasteiger partial charge in [0.2, 0.25) is 0 Å². The van der Waals surface area contributed by atoms with E-state index in [0.717, 1.165) is 25.0 Å². The summed E-state index contributed by atoms with van der Waals surface area (Å²) in [6.07, 6.45) is 7.02. The molecule has 0 saturated heterocycles. The van der Waals surface area contributed by atoms with E-state index in [0.29, 0.717) is 0 Å². The third kappa shape index (κ3) is 4.90. The first kappa shape index (κ1) is 19.9. The van der Waals surface area contributed by atoms with Crippen LogP contribution in [0.3, 0.4) is 0 Å². The molecule has 1 N–H and O–H groups in total. The summed E-state index contributed by atoms with van der Waals surface area (Å²) in [6, 6.07) is 23.8. The summed E-state index contributed by atoms with van der Waals surface area (Å²) in [5.74, 6) is 0.891. The highest BCUT2D eigenvalue weighted by Crippen LogP contribution is 2.23. The Balaban J connectivity index is 1.75. The number of hydrogen-bond acceptors (Lipinski definition) is 2. The molecule has 0 spiro atoms. The number of likely N-dealkylation sites (N-methyl/N-ethyl adjacent to an activating group) is 1. The molecule has 0 amide bonds. The fraction of sp³-hybridized carbons (Fsp3) is 0.231. The maximum atomic E-state index is 5.27. The first-order chi connectivity index (χ1) is 13.7.